The van der Waals surface area contributed by atoms with Gasteiger partial charge in [0.15, 0.2) is 0 Å². The van der Waals surface area contributed by atoms with Crippen LogP contribution in [0.2, 0.25) is 5.02 Å². The number of H-pyrrole nitrogens is 1. The average Bonchev–Trinajstić information content (AvgIpc) is 3.56. The van der Waals surface area contributed by atoms with Crippen LogP contribution in [-0.2, 0) is 11.3 Å². The molecular formula is C32H39ClN8O3. The summed E-state index contributed by atoms with van der Waals surface area (Å²) in [4.78, 5) is 46.8. The largest absolute Gasteiger partial charge is 0.439 e. The SMILES string of the molecule is CC1CN(C(=O)C2CCC2)C[C@@H](C)N1c1nc2cc(-c3noc(=O)[nH]3)nc(-c3cncc(Cl)c3)c2n1C[C@H]1CC[C@H](C)CC1. The van der Waals surface area contributed by atoms with Crippen molar-refractivity contribution in [1.82, 2.24) is 34.6 Å². The van der Waals surface area contributed by atoms with Crippen LogP contribution in [0.5, 0.6) is 0 Å². The lowest BCUT2D eigenvalue weighted by Gasteiger charge is -2.46. The van der Waals surface area contributed by atoms with Crippen LogP contribution >= 0.6 is 11.6 Å². The second-order valence-electron chi connectivity index (χ2n) is 13.2. The Bertz CT molecular complexity index is 1720. The van der Waals surface area contributed by atoms with E-state index in [1.165, 1.54) is 12.8 Å². The van der Waals surface area contributed by atoms with Gasteiger partial charge >= 0.3 is 5.76 Å². The molecule has 0 radical (unpaired) electrons. The number of pyridine rings is 2. The summed E-state index contributed by atoms with van der Waals surface area (Å²) in [5.41, 5.74) is 3.48. The average molecular weight is 619 g/mol. The van der Waals surface area contributed by atoms with E-state index in [2.05, 4.69) is 50.3 Å². The lowest BCUT2D eigenvalue weighted by atomic mass is 9.83. The molecule has 1 unspecified atom stereocenters. The molecule has 1 saturated heterocycles. The van der Waals surface area contributed by atoms with Crippen LogP contribution in [-0.4, -0.2) is 65.6 Å². The van der Waals surface area contributed by atoms with Gasteiger partial charge in [-0.2, -0.15) is 0 Å². The zero-order valence-corrected chi connectivity index (χ0v) is 26.3. The van der Waals surface area contributed by atoms with E-state index in [1.807, 2.05) is 12.1 Å². The maximum Gasteiger partial charge on any atom is 0.439 e. The standard InChI is InChI=1S/C32H39ClN8O3/c1-18-7-9-21(10-8-18)17-40-28-25(36-31(40)41-19(2)15-39(16-20(41)3)30(42)22-5-4-6-22)12-26(29-37-32(43)44-38-29)35-27(28)23-11-24(33)14-34-13-23/h11-14,18-22H,4-10,15-17H2,1-3H3,(H,37,38,43)/t18-,19-,20?,21-/m1/s1. The van der Waals surface area contributed by atoms with E-state index < -0.39 is 5.76 Å². The smallest absolute Gasteiger partial charge is 0.338 e. The van der Waals surface area contributed by atoms with Gasteiger partial charge in [-0.15, -0.1) is 0 Å². The van der Waals surface area contributed by atoms with Crippen LogP contribution in [0.3, 0.4) is 0 Å². The van der Waals surface area contributed by atoms with Gasteiger partial charge in [-0.25, -0.2) is 14.8 Å². The molecule has 4 aromatic heterocycles. The number of nitrogens with zero attached hydrogens (tertiary/aromatic N) is 7. The number of halogens is 1. The van der Waals surface area contributed by atoms with Crippen LogP contribution < -0.4 is 10.7 Å². The molecule has 4 aromatic rings. The molecule has 232 valence electrons. The molecule has 1 N–H and O–H groups in total. The van der Waals surface area contributed by atoms with E-state index in [-0.39, 0.29) is 23.8 Å². The summed E-state index contributed by atoms with van der Waals surface area (Å²) < 4.78 is 7.15. The molecule has 3 aliphatic rings. The first kappa shape index (κ1) is 29.0. The monoisotopic (exact) mass is 618 g/mol. The normalized spacial score (nSPS) is 24.5. The zero-order valence-electron chi connectivity index (χ0n) is 25.5. The number of hydrogen-bond acceptors (Lipinski definition) is 8. The zero-order chi connectivity index (χ0) is 30.5. The quantitative estimate of drug-likeness (QED) is 0.298. The first-order valence-corrected chi connectivity index (χ1v) is 16.3. The van der Waals surface area contributed by atoms with Gasteiger partial charge in [-0.3, -0.25) is 19.3 Å². The van der Waals surface area contributed by atoms with E-state index in [0.29, 0.717) is 41.3 Å². The van der Waals surface area contributed by atoms with E-state index >= 15 is 0 Å². The highest BCUT2D eigenvalue weighted by Crippen LogP contribution is 2.39. The number of aromatic nitrogens is 6. The first-order valence-electron chi connectivity index (χ1n) is 15.9. The Kier molecular flexibility index (Phi) is 7.68. The number of piperazine rings is 1. The molecule has 11 nitrogen and oxygen atoms in total. The topological polar surface area (TPSA) is 126 Å². The summed E-state index contributed by atoms with van der Waals surface area (Å²) in [5, 5.41) is 4.41. The third-order valence-electron chi connectivity index (χ3n) is 9.86. The van der Waals surface area contributed by atoms with Crippen molar-refractivity contribution in [2.75, 3.05) is 18.0 Å². The number of fused-ring (bicyclic) bond motifs is 1. The highest BCUT2D eigenvalue weighted by Gasteiger charge is 2.39. The van der Waals surface area contributed by atoms with Crippen molar-refractivity contribution in [2.45, 2.75) is 84.3 Å². The van der Waals surface area contributed by atoms with E-state index in [1.54, 1.807) is 12.4 Å². The molecule has 2 saturated carbocycles. The van der Waals surface area contributed by atoms with E-state index in [9.17, 15) is 9.59 Å². The number of amides is 1. The van der Waals surface area contributed by atoms with Gasteiger partial charge in [-0.1, -0.05) is 42.9 Å². The Labute approximate surface area is 261 Å². The molecule has 2 aliphatic carbocycles. The Balaban J connectivity index is 1.37. The van der Waals surface area contributed by atoms with Gasteiger partial charge < -0.3 is 14.4 Å². The summed E-state index contributed by atoms with van der Waals surface area (Å²) >= 11 is 6.43. The highest BCUT2D eigenvalue weighted by molar-refractivity contribution is 6.30. The molecular weight excluding hydrogens is 580 g/mol. The van der Waals surface area contributed by atoms with Gasteiger partial charge in [0, 0.05) is 55.6 Å². The minimum Gasteiger partial charge on any atom is -0.338 e. The number of aromatic amines is 1. The Morgan fingerprint density at radius 2 is 1.77 bits per heavy atom. The second kappa shape index (κ2) is 11.6. The van der Waals surface area contributed by atoms with Crippen LogP contribution in [0.1, 0.15) is 65.7 Å². The lowest BCUT2D eigenvalue weighted by Crippen LogP contribution is -2.60. The maximum absolute atomic E-state index is 13.2. The third kappa shape index (κ3) is 5.39. The number of carbonyl (C=O) groups is 1. The van der Waals surface area contributed by atoms with Crippen molar-refractivity contribution in [2.24, 2.45) is 17.8 Å². The molecule has 0 bridgehead atoms. The minimum atomic E-state index is -0.650. The molecule has 44 heavy (non-hydrogen) atoms. The van der Waals surface area contributed by atoms with Crippen molar-refractivity contribution < 1.29 is 9.32 Å². The van der Waals surface area contributed by atoms with E-state index in [4.69, 9.17) is 26.1 Å². The molecule has 12 heteroatoms. The van der Waals surface area contributed by atoms with Crippen molar-refractivity contribution in [3.63, 3.8) is 0 Å². The van der Waals surface area contributed by atoms with Crippen molar-refractivity contribution in [1.29, 1.82) is 0 Å². The maximum atomic E-state index is 13.2. The van der Waals surface area contributed by atoms with Crippen molar-refractivity contribution in [3.05, 3.63) is 40.1 Å². The van der Waals surface area contributed by atoms with Crippen molar-refractivity contribution in [3.8, 4) is 22.8 Å². The third-order valence-corrected chi connectivity index (χ3v) is 10.1. The molecule has 1 amide bonds. The number of rotatable bonds is 6. The number of carbonyl (C=O) groups excluding carboxylic acids is 1. The van der Waals surface area contributed by atoms with Crippen LogP contribution in [0.25, 0.3) is 33.8 Å². The molecule has 2 atom stereocenters. The predicted molar refractivity (Wildman–Crippen MR) is 168 cm³/mol. The summed E-state index contributed by atoms with van der Waals surface area (Å²) in [6.45, 7) is 8.85. The van der Waals surface area contributed by atoms with Gasteiger partial charge in [0.1, 0.15) is 5.69 Å². The molecule has 7 rings (SSSR count). The fraction of sp³-hybridized carbons (Fsp3) is 0.562. The minimum absolute atomic E-state index is 0.0697. The molecule has 0 spiro atoms. The Morgan fingerprint density at radius 1 is 1.02 bits per heavy atom. The van der Waals surface area contributed by atoms with Gasteiger partial charge in [0.2, 0.25) is 17.7 Å². The summed E-state index contributed by atoms with van der Waals surface area (Å²) in [6, 6.07) is 3.85. The summed E-state index contributed by atoms with van der Waals surface area (Å²) in [6.07, 6.45) is 11.3. The highest BCUT2D eigenvalue weighted by atomic mass is 35.5. The van der Waals surface area contributed by atoms with Gasteiger partial charge in [0.05, 0.1) is 21.7 Å². The fourth-order valence-corrected chi connectivity index (χ4v) is 7.47. The van der Waals surface area contributed by atoms with Crippen molar-refractivity contribution >= 4 is 34.5 Å². The van der Waals surface area contributed by atoms with Crippen LogP contribution in [0.15, 0.2) is 33.8 Å². The van der Waals surface area contributed by atoms with Gasteiger partial charge in [-0.05, 0) is 63.5 Å². The summed E-state index contributed by atoms with van der Waals surface area (Å²) in [5.74, 6) is 2.18. The van der Waals surface area contributed by atoms with Gasteiger partial charge in [0.25, 0.3) is 0 Å². The van der Waals surface area contributed by atoms with Crippen LogP contribution in [0.4, 0.5) is 5.95 Å². The molecule has 5 heterocycles. The van der Waals surface area contributed by atoms with Crippen LogP contribution in [0, 0.1) is 17.8 Å². The predicted octanol–water partition coefficient (Wildman–Crippen LogP) is 5.54. The Hall–Kier alpha value is -3.73. The number of imidazole rings is 1. The molecule has 3 fully saturated rings. The summed E-state index contributed by atoms with van der Waals surface area (Å²) in [7, 11) is 0. The Morgan fingerprint density at radius 3 is 2.41 bits per heavy atom. The fourth-order valence-electron chi connectivity index (χ4n) is 7.30. The molecule has 0 aromatic carbocycles. The first-order chi connectivity index (χ1) is 21.2. The number of anilines is 1. The molecule has 1 aliphatic heterocycles. The lowest BCUT2D eigenvalue weighted by molar-refractivity contribution is -0.139. The number of nitrogens with one attached hydrogen (secondary N) is 1. The van der Waals surface area contributed by atoms with E-state index in [0.717, 1.165) is 67.1 Å². The number of hydrogen-bond donors (Lipinski definition) is 1. The second-order valence-corrected chi connectivity index (χ2v) is 13.6.